The average Bonchev–Trinajstić information content (AvgIpc) is 3.68. The number of nitrogens with zero attached hydrogens (tertiary/aromatic N) is 5. The molecule has 0 bridgehead atoms. The zero-order chi connectivity index (χ0) is 43.1. The van der Waals surface area contributed by atoms with Gasteiger partial charge in [-0.15, -0.1) is 0 Å². The molecule has 5 aromatic rings. The lowest BCUT2D eigenvalue weighted by Crippen LogP contribution is -2.46. The van der Waals surface area contributed by atoms with Crippen LogP contribution in [0.4, 0.5) is 36.6 Å². The van der Waals surface area contributed by atoms with Gasteiger partial charge < -0.3 is 15.4 Å². The van der Waals surface area contributed by atoms with Crippen molar-refractivity contribution in [3.8, 4) is 23.0 Å². The van der Waals surface area contributed by atoms with Crippen molar-refractivity contribution in [1.29, 1.82) is 0 Å². The Morgan fingerprint density at radius 2 is 1.83 bits per heavy atom. The third-order valence-corrected chi connectivity index (χ3v) is 11.5. The number of pyridine rings is 1. The van der Waals surface area contributed by atoms with Gasteiger partial charge in [0.25, 0.3) is 5.92 Å². The first-order valence-electron chi connectivity index (χ1n) is 18.4. The molecule has 8 rings (SSSR count). The van der Waals surface area contributed by atoms with Gasteiger partial charge in [0.15, 0.2) is 11.5 Å². The van der Waals surface area contributed by atoms with Crippen LogP contribution in [0, 0.1) is 29.4 Å². The summed E-state index contributed by atoms with van der Waals surface area (Å²) >= 11 is 6.61. The van der Waals surface area contributed by atoms with Gasteiger partial charge in [-0.3, -0.25) is 18.9 Å². The second-order valence-corrected chi connectivity index (χ2v) is 17.4. The first-order chi connectivity index (χ1) is 28.1. The minimum absolute atomic E-state index is 0.0170. The Morgan fingerprint density at radius 1 is 1.12 bits per heavy atom. The van der Waals surface area contributed by atoms with E-state index in [-0.39, 0.29) is 51.6 Å². The van der Waals surface area contributed by atoms with Crippen LogP contribution in [0.2, 0.25) is 5.02 Å². The second-order valence-electron chi connectivity index (χ2n) is 15.2. The van der Waals surface area contributed by atoms with Crippen molar-refractivity contribution < 1.29 is 48.7 Å². The Kier molecular flexibility index (Phi) is 10.2. The highest BCUT2D eigenvalue weighted by molar-refractivity contribution is 7.92. The van der Waals surface area contributed by atoms with E-state index >= 15 is 8.78 Å². The fourth-order valence-electron chi connectivity index (χ4n) is 8.03. The summed E-state index contributed by atoms with van der Waals surface area (Å²) in [6, 6.07) is 7.46. The van der Waals surface area contributed by atoms with Crippen LogP contribution in [-0.2, 0) is 51.7 Å². The maximum Gasteiger partial charge on any atom is 0.435 e. The highest BCUT2D eigenvalue weighted by Gasteiger charge is 2.68. The number of aromatic nitrogens is 5. The van der Waals surface area contributed by atoms with Crippen molar-refractivity contribution >= 4 is 44.3 Å². The molecule has 3 N–H and O–H groups in total. The van der Waals surface area contributed by atoms with Crippen LogP contribution in [0.15, 0.2) is 42.5 Å². The van der Waals surface area contributed by atoms with Crippen molar-refractivity contribution in [2.24, 2.45) is 13.0 Å². The fourth-order valence-corrected chi connectivity index (χ4v) is 8.77. The molecule has 12 nitrogen and oxygen atoms in total. The number of anilines is 1. The Hall–Kier alpha value is -5.23. The van der Waals surface area contributed by atoms with Gasteiger partial charge in [-0.05, 0) is 67.5 Å². The molecule has 0 radical (unpaired) electrons. The van der Waals surface area contributed by atoms with Gasteiger partial charge in [-0.2, -0.15) is 32.1 Å². The summed E-state index contributed by atoms with van der Waals surface area (Å²) in [7, 11) is -2.33. The highest BCUT2D eigenvalue weighted by Crippen LogP contribution is 2.68. The van der Waals surface area contributed by atoms with Gasteiger partial charge in [-0.25, -0.2) is 22.2 Å². The predicted octanol–water partition coefficient (Wildman–Crippen LogP) is 6.19. The number of sulfonamides is 1. The van der Waals surface area contributed by atoms with E-state index in [0.717, 1.165) is 18.4 Å². The van der Waals surface area contributed by atoms with Gasteiger partial charge in [0.1, 0.15) is 35.2 Å². The molecule has 1 saturated heterocycles. The SMILES string of the molecule is Cn1nc(NS(C)(=O)=O)c2c(Cl)ccc(-c3ccc(C#CC4(C)CNCCO4)nc3[C@H](Cc3cc(F)cc(F)c3)NC(=O)Cn3nc(C(F)(F)F)c4c3C(F)(F)[C@@H]3C[C@H]43)c21. The molecule has 3 aliphatic rings. The Balaban J connectivity index is 1.28. The monoisotopic (exact) mass is 878 g/mol. The molecule has 1 amide bonds. The van der Waals surface area contributed by atoms with Gasteiger partial charge >= 0.3 is 6.18 Å². The molecule has 3 aromatic heterocycles. The summed E-state index contributed by atoms with van der Waals surface area (Å²) in [4.78, 5) is 18.8. The molecule has 60 heavy (non-hydrogen) atoms. The Bertz CT molecular complexity index is 2740. The number of nitrogens with one attached hydrogen (secondary N) is 3. The molecule has 4 atom stereocenters. The summed E-state index contributed by atoms with van der Waals surface area (Å²) in [5.74, 6) is -3.15. The lowest BCUT2D eigenvalue weighted by atomic mass is 9.93. The van der Waals surface area contributed by atoms with Crippen LogP contribution >= 0.6 is 11.6 Å². The van der Waals surface area contributed by atoms with Crippen molar-refractivity contribution in [1.82, 2.24) is 35.2 Å². The van der Waals surface area contributed by atoms with Crippen LogP contribution in [0.3, 0.4) is 0 Å². The zero-order valence-electron chi connectivity index (χ0n) is 31.8. The number of benzene rings is 2. The fraction of sp³-hybridized carbons (Fsp3) is 0.385. The summed E-state index contributed by atoms with van der Waals surface area (Å²) < 4.78 is 137. The van der Waals surface area contributed by atoms with Crippen LogP contribution < -0.4 is 15.4 Å². The van der Waals surface area contributed by atoms with E-state index in [1.165, 1.54) is 17.8 Å². The standard InChI is InChI=1S/C39H34ClF7N8O4S/c1-37(18-48-10-11-59-37)9-8-22-4-5-23(24-6-7-27(40)31-33(24)54(2)52-36(31)53-60(3,57)58)32(49-22)28(14-19-12-20(41)15-21(42)13-19)50-29(56)17-55-35-30(34(51-55)39(45,46)47)25-16-26(25)38(35,43)44/h4-7,12-13,15,25-26,28,48H,10-11,14,16-18H2,1-3H3,(H,50,56)(H,52,53)/t25-,26+,28-,37?/m0/s1. The third kappa shape index (κ3) is 7.90. The topological polar surface area (TPSA) is 145 Å². The van der Waals surface area contributed by atoms with E-state index in [1.54, 1.807) is 25.1 Å². The van der Waals surface area contributed by atoms with E-state index in [2.05, 4.69) is 37.4 Å². The summed E-state index contributed by atoms with van der Waals surface area (Å²) in [5.41, 5.74) is -2.98. The smallest absolute Gasteiger partial charge is 0.360 e. The number of rotatable bonds is 9. The number of ether oxygens (including phenoxy) is 1. The molecule has 2 fully saturated rings. The van der Waals surface area contributed by atoms with Gasteiger partial charge in [0, 0.05) is 48.8 Å². The molecule has 1 unspecified atom stereocenters. The van der Waals surface area contributed by atoms with Gasteiger partial charge in [0.05, 0.1) is 40.5 Å². The van der Waals surface area contributed by atoms with Crippen LogP contribution in [0.5, 0.6) is 0 Å². The quantitative estimate of drug-likeness (QED) is 0.118. The summed E-state index contributed by atoms with van der Waals surface area (Å²) in [6.07, 6.45) is -4.68. The van der Waals surface area contributed by atoms with Gasteiger partial charge in [-0.1, -0.05) is 23.6 Å². The molecule has 2 aromatic carbocycles. The number of fused-ring (bicyclic) bond motifs is 4. The number of alkyl halides is 5. The van der Waals surface area contributed by atoms with Crippen molar-refractivity contribution in [2.45, 2.75) is 56.0 Å². The number of carbonyl (C=O) groups is 1. The number of carbonyl (C=O) groups excluding carboxylic acids is 1. The molecule has 2 aliphatic carbocycles. The van der Waals surface area contributed by atoms with E-state index in [9.17, 15) is 35.2 Å². The minimum atomic E-state index is -5.08. The van der Waals surface area contributed by atoms with E-state index in [0.29, 0.717) is 41.5 Å². The molecular formula is C39H34ClF7N8O4S. The molecule has 1 aliphatic heterocycles. The first kappa shape index (κ1) is 41.5. The van der Waals surface area contributed by atoms with Crippen LogP contribution in [0.25, 0.3) is 22.0 Å². The molecule has 316 valence electrons. The number of aryl methyl sites for hydroxylation is 1. The first-order valence-corrected chi connectivity index (χ1v) is 20.7. The van der Waals surface area contributed by atoms with Crippen molar-refractivity contribution in [3.63, 3.8) is 0 Å². The zero-order valence-corrected chi connectivity index (χ0v) is 33.4. The van der Waals surface area contributed by atoms with Crippen molar-refractivity contribution in [2.75, 3.05) is 30.7 Å². The van der Waals surface area contributed by atoms with Gasteiger partial charge in [0.2, 0.25) is 15.9 Å². The highest BCUT2D eigenvalue weighted by atomic mass is 35.5. The van der Waals surface area contributed by atoms with Crippen LogP contribution in [0.1, 0.15) is 59.2 Å². The third-order valence-electron chi connectivity index (χ3n) is 10.6. The Morgan fingerprint density at radius 3 is 2.50 bits per heavy atom. The summed E-state index contributed by atoms with van der Waals surface area (Å²) in [5, 5.41) is 13.9. The second kappa shape index (κ2) is 14.7. The van der Waals surface area contributed by atoms with E-state index in [4.69, 9.17) is 21.3 Å². The molecule has 1 saturated carbocycles. The number of halogens is 8. The molecular weight excluding hydrogens is 845 g/mol. The Labute approximate surface area is 342 Å². The normalized spacial score (nSPS) is 21.2. The largest absolute Gasteiger partial charge is 0.435 e. The molecule has 0 spiro atoms. The van der Waals surface area contributed by atoms with Crippen LogP contribution in [-0.4, -0.2) is 70.4 Å². The maximum atomic E-state index is 15.5. The number of hydrogen-bond acceptors (Lipinski definition) is 8. The summed E-state index contributed by atoms with van der Waals surface area (Å²) in [6.45, 7) is 2.06. The lowest BCUT2D eigenvalue weighted by Gasteiger charge is -2.29. The lowest BCUT2D eigenvalue weighted by molar-refractivity contribution is -0.142. The number of amides is 1. The van der Waals surface area contributed by atoms with E-state index in [1.807, 2.05) is 0 Å². The predicted molar refractivity (Wildman–Crippen MR) is 204 cm³/mol. The minimum Gasteiger partial charge on any atom is -0.360 e. The van der Waals surface area contributed by atoms with E-state index < -0.39 is 86.6 Å². The maximum absolute atomic E-state index is 15.5. The van der Waals surface area contributed by atoms with Crippen molar-refractivity contribution in [3.05, 3.63) is 93.0 Å². The average molecular weight is 879 g/mol. The molecule has 21 heteroatoms. The molecule has 4 heterocycles. The number of hydrogen-bond donors (Lipinski definition) is 3. The number of morpholine rings is 1.